The van der Waals surface area contributed by atoms with E-state index in [0.717, 1.165) is 23.4 Å². The standard InChI is InChI=1S/C17H14N8/c1-24-9-12(7-20-24)15-8-19-16-17(21-15)25(23-22-16)10-11-4-5-14-13(11)3-2-6-18-14/h2-4,6-9H,5,10H2,1H3. The van der Waals surface area contributed by atoms with E-state index in [1.165, 1.54) is 11.1 Å². The molecule has 0 unspecified atom stereocenters. The Kier molecular flexibility index (Phi) is 2.96. The van der Waals surface area contributed by atoms with Crippen molar-refractivity contribution in [1.29, 1.82) is 0 Å². The molecule has 25 heavy (non-hydrogen) atoms. The van der Waals surface area contributed by atoms with Crippen molar-refractivity contribution < 1.29 is 0 Å². The lowest BCUT2D eigenvalue weighted by Crippen LogP contribution is -2.04. The number of rotatable bonds is 3. The van der Waals surface area contributed by atoms with E-state index in [4.69, 9.17) is 4.98 Å². The monoisotopic (exact) mass is 330 g/mol. The van der Waals surface area contributed by atoms with Gasteiger partial charge in [0, 0.05) is 37.0 Å². The van der Waals surface area contributed by atoms with Gasteiger partial charge in [-0.25, -0.2) is 14.6 Å². The highest BCUT2D eigenvalue weighted by Crippen LogP contribution is 2.27. The van der Waals surface area contributed by atoms with Crippen LogP contribution in [0.15, 0.2) is 43.0 Å². The quantitative estimate of drug-likeness (QED) is 0.568. The number of fused-ring (bicyclic) bond motifs is 2. The first-order valence-corrected chi connectivity index (χ1v) is 7.96. The van der Waals surface area contributed by atoms with E-state index >= 15 is 0 Å². The summed E-state index contributed by atoms with van der Waals surface area (Å²) in [5, 5.41) is 12.5. The Labute approximate surface area is 142 Å². The zero-order chi connectivity index (χ0) is 16.8. The highest BCUT2D eigenvalue weighted by Gasteiger charge is 2.17. The minimum absolute atomic E-state index is 0.539. The lowest BCUT2D eigenvalue weighted by Gasteiger charge is -2.05. The molecule has 8 heteroatoms. The van der Waals surface area contributed by atoms with Gasteiger partial charge < -0.3 is 0 Å². The van der Waals surface area contributed by atoms with E-state index in [-0.39, 0.29) is 0 Å². The molecule has 0 spiro atoms. The van der Waals surface area contributed by atoms with Crippen LogP contribution in [0.25, 0.3) is 28.1 Å². The Morgan fingerprint density at radius 2 is 2.16 bits per heavy atom. The first kappa shape index (κ1) is 14.0. The van der Waals surface area contributed by atoms with Crippen LogP contribution in [0, 0.1) is 0 Å². The number of nitrogens with zero attached hydrogens (tertiary/aromatic N) is 8. The van der Waals surface area contributed by atoms with Gasteiger partial charge in [-0.2, -0.15) is 5.10 Å². The number of aryl methyl sites for hydroxylation is 1. The number of hydrogen-bond acceptors (Lipinski definition) is 6. The minimum Gasteiger partial charge on any atom is -0.275 e. The minimum atomic E-state index is 0.539. The average molecular weight is 330 g/mol. The molecule has 4 aromatic heterocycles. The lowest BCUT2D eigenvalue weighted by molar-refractivity contribution is 0.685. The summed E-state index contributed by atoms with van der Waals surface area (Å²) in [6.07, 6.45) is 10.2. The summed E-state index contributed by atoms with van der Waals surface area (Å²) in [6, 6.07) is 4.05. The maximum absolute atomic E-state index is 4.70. The maximum atomic E-state index is 4.70. The lowest BCUT2D eigenvalue weighted by atomic mass is 10.1. The molecule has 122 valence electrons. The Hall–Kier alpha value is -3.42. The summed E-state index contributed by atoms with van der Waals surface area (Å²) in [6.45, 7) is 0.598. The van der Waals surface area contributed by atoms with Crippen molar-refractivity contribution in [2.75, 3.05) is 0 Å². The summed E-state index contributed by atoms with van der Waals surface area (Å²) < 4.78 is 3.53. The Balaban J connectivity index is 1.54. The first-order valence-electron chi connectivity index (χ1n) is 7.96. The van der Waals surface area contributed by atoms with E-state index in [1.54, 1.807) is 21.8 Å². The largest absolute Gasteiger partial charge is 0.275 e. The van der Waals surface area contributed by atoms with E-state index in [1.807, 2.05) is 25.5 Å². The van der Waals surface area contributed by atoms with Crippen molar-refractivity contribution in [3.8, 4) is 11.3 Å². The summed E-state index contributed by atoms with van der Waals surface area (Å²) in [5.74, 6) is 0. The smallest absolute Gasteiger partial charge is 0.221 e. The molecule has 0 saturated carbocycles. The molecule has 0 bridgehead atoms. The van der Waals surface area contributed by atoms with Crippen molar-refractivity contribution in [3.05, 3.63) is 54.3 Å². The first-order chi connectivity index (χ1) is 12.3. The predicted molar refractivity (Wildman–Crippen MR) is 91.2 cm³/mol. The topological polar surface area (TPSA) is 87.2 Å². The van der Waals surface area contributed by atoms with E-state index < -0.39 is 0 Å². The van der Waals surface area contributed by atoms with Crippen LogP contribution in [0.2, 0.25) is 0 Å². The third kappa shape index (κ3) is 2.30. The van der Waals surface area contributed by atoms with E-state index in [0.29, 0.717) is 17.8 Å². The van der Waals surface area contributed by atoms with E-state index in [9.17, 15) is 0 Å². The molecule has 0 radical (unpaired) electrons. The second-order valence-electron chi connectivity index (χ2n) is 5.98. The summed E-state index contributed by atoms with van der Waals surface area (Å²) in [7, 11) is 1.87. The van der Waals surface area contributed by atoms with Gasteiger partial charge in [0.2, 0.25) is 5.65 Å². The molecular formula is C17H14N8. The van der Waals surface area contributed by atoms with Crippen molar-refractivity contribution in [2.24, 2.45) is 7.05 Å². The van der Waals surface area contributed by atoms with Crippen LogP contribution < -0.4 is 0 Å². The molecule has 8 nitrogen and oxygen atoms in total. The molecule has 0 aliphatic heterocycles. The summed E-state index contributed by atoms with van der Waals surface area (Å²) >= 11 is 0. The second kappa shape index (κ2) is 5.30. The van der Waals surface area contributed by atoms with Crippen molar-refractivity contribution in [3.63, 3.8) is 0 Å². The average Bonchev–Trinajstić information content (AvgIpc) is 3.35. The fourth-order valence-corrected chi connectivity index (χ4v) is 3.09. The van der Waals surface area contributed by atoms with Gasteiger partial charge in [-0.05, 0) is 11.6 Å². The summed E-state index contributed by atoms with van der Waals surface area (Å²) in [5.41, 5.74) is 6.33. The van der Waals surface area contributed by atoms with Crippen LogP contribution in [-0.4, -0.2) is 39.7 Å². The molecule has 4 heterocycles. The third-order valence-corrected chi connectivity index (χ3v) is 4.33. The van der Waals surface area contributed by atoms with Crippen LogP contribution in [0.1, 0.15) is 11.3 Å². The molecule has 4 aromatic rings. The van der Waals surface area contributed by atoms with Gasteiger partial charge >= 0.3 is 0 Å². The second-order valence-corrected chi connectivity index (χ2v) is 5.98. The molecule has 1 aliphatic carbocycles. The molecule has 0 amide bonds. The van der Waals surface area contributed by atoms with Gasteiger partial charge in [0.1, 0.15) is 0 Å². The van der Waals surface area contributed by atoms with Gasteiger partial charge in [-0.3, -0.25) is 9.67 Å². The fraction of sp³-hybridized carbons (Fsp3) is 0.176. The number of pyridine rings is 1. The van der Waals surface area contributed by atoms with E-state index in [2.05, 4.69) is 37.5 Å². The Morgan fingerprint density at radius 1 is 1.20 bits per heavy atom. The fourth-order valence-electron chi connectivity index (χ4n) is 3.09. The zero-order valence-electron chi connectivity index (χ0n) is 13.5. The maximum Gasteiger partial charge on any atom is 0.221 e. The highest BCUT2D eigenvalue weighted by atomic mass is 15.5. The van der Waals surface area contributed by atoms with Crippen LogP contribution in [0.3, 0.4) is 0 Å². The van der Waals surface area contributed by atoms with Crippen LogP contribution in [0.4, 0.5) is 0 Å². The van der Waals surface area contributed by atoms with Crippen molar-refractivity contribution >= 4 is 16.9 Å². The molecule has 0 N–H and O–H groups in total. The Bertz CT molecular complexity index is 1120. The van der Waals surface area contributed by atoms with Gasteiger partial charge in [0.25, 0.3) is 0 Å². The molecule has 0 atom stereocenters. The SMILES string of the molecule is Cn1cc(-c2cnc3nnn(CC4=CCc5ncccc54)c3n2)cn1. The van der Waals surface area contributed by atoms with Crippen molar-refractivity contribution in [2.45, 2.75) is 13.0 Å². The molecule has 1 aliphatic rings. The van der Waals surface area contributed by atoms with Gasteiger partial charge in [-0.15, -0.1) is 5.10 Å². The number of aromatic nitrogens is 8. The van der Waals surface area contributed by atoms with Gasteiger partial charge in [0.15, 0.2) is 5.65 Å². The Morgan fingerprint density at radius 3 is 3.04 bits per heavy atom. The summed E-state index contributed by atoms with van der Waals surface area (Å²) in [4.78, 5) is 13.5. The molecule has 0 fully saturated rings. The zero-order valence-corrected chi connectivity index (χ0v) is 13.5. The highest BCUT2D eigenvalue weighted by molar-refractivity contribution is 5.74. The molecule has 0 aromatic carbocycles. The molecule has 5 rings (SSSR count). The van der Waals surface area contributed by atoms with Crippen LogP contribution in [-0.2, 0) is 20.0 Å². The molecular weight excluding hydrogens is 316 g/mol. The number of hydrogen-bond donors (Lipinski definition) is 0. The number of allylic oxidation sites excluding steroid dienone is 2. The molecule has 0 saturated heterocycles. The third-order valence-electron chi connectivity index (χ3n) is 4.33. The van der Waals surface area contributed by atoms with Gasteiger partial charge in [-0.1, -0.05) is 17.4 Å². The normalized spacial score (nSPS) is 13.2. The predicted octanol–water partition coefficient (Wildman–Crippen LogP) is 1.66. The van der Waals surface area contributed by atoms with Crippen LogP contribution >= 0.6 is 0 Å². The van der Waals surface area contributed by atoms with Gasteiger partial charge in [0.05, 0.1) is 30.3 Å². The van der Waals surface area contributed by atoms with Crippen molar-refractivity contribution in [1.82, 2.24) is 39.7 Å². The van der Waals surface area contributed by atoms with Crippen LogP contribution in [0.5, 0.6) is 0 Å².